The summed E-state index contributed by atoms with van der Waals surface area (Å²) in [6, 6.07) is 1.74. The molecule has 0 aliphatic heterocycles. The first-order valence-electron chi connectivity index (χ1n) is 6.26. The minimum absolute atomic E-state index is 0.416. The zero-order valence-corrected chi connectivity index (χ0v) is 12.0. The lowest BCUT2D eigenvalue weighted by Crippen LogP contribution is -2.39. The van der Waals surface area contributed by atoms with E-state index in [0.717, 1.165) is 4.88 Å². The number of rotatable bonds is 8. The molecule has 0 fully saturated rings. The Bertz CT molecular complexity index is 452. The van der Waals surface area contributed by atoms with Crippen molar-refractivity contribution in [3.05, 3.63) is 21.9 Å². The number of aliphatic carboxylic acids is 1. The lowest BCUT2D eigenvalue weighted by atomic mass is 9.82. The van der Waals surface area contributed by atoms with Crippen molar-refractivity contribution >= 4 is 23.2 Å². The van der Waals surface area contributed by atoms with Crippen LogP contribution in [0, 0.1) is 5.41 Å². The number of thiophene rings is 1. The molecule has 0 unspecified atom stereocenters. The summed E-state index contributed by atoms with van der Waals surface area (Å²) in [5.74, 6) is -1.21. The van der Waals surface area contributed by atoms with Gasteiger partial charge in [-0.3, -0.25) is 9.59 Å². The molecule has 1 heterocycles. The molecule has 0 bridgehead atoms. The van der Waals surface area contributed by atoms with Crippen LogP contribution < -0.4 is 11.1 Å². The lowest BCUT2D eigenvalue weighted by Gasteiger charge is -2.26. The monoisotopic (exact) mass is 284 g/mol. The van der Waals surface area contributed by atoms with Gasteiger partial charge in [0.05, 0.1) is 11.0 Å². The molecular weight excluding hydrogens is 264 g/mol. The van der Waals surface area contributed by atoms with Crippen molar-refractivity contribution in [1.29, 1.82) is 0 Å². The van der Waals surface area contributed by atoms with E-state index in [2.05, 4.69) is 5.32 Å². The van der Waals surface area contributed by atoms with Gasteiger partial charge in [0.25, 0.3) is 0 Å². The molecule has 1 amide bonds. The summed E-state index contributed by atoms with van der Waals surface area (Å²) >= 11 is 1.44. The molecule has 106 valence electrons. The summed E-state index contributed by atoms with van der Waals surface area (Å²) in [7, 11) is 0. The van der Waals surface area contributed by atoms with Crippen LogP contribution in [0.15, 0.2) is 11.4 Å². The molecule has 0 aliphatic rings. The minimum Gasteiger partial charge on any atom is -0.481 e. The van der Waals surface area contributed by atoms with Gasteiger partial charge in [0.2, 0.25) is 5.91 Å². The number of hydrogen-bond donors (Lipinski definition) is 3. The Labute approximate surface area is 116 Å². The third kappa shape index (κ3) is 3.78. The van der Waals surface area contributed by atoms with Gasteiger partial charge in [0, 0.05) is 23.3 Å². The molecule has 6 heteroatoms. The van der Waals surface area contributed by atoms with Gasteiger partial charge in [-0.15, -0.1) is 11.3 Å². The number of nitrogens with one attached hydrogen (secondary N) is 1. The number of amides is 1. The number of primary amides is 1. The van der Waals surface area contributed by atoms with Crippen molar-refractivity contribution in [2.24, 2.45) is 11.1 Å². The SMILES string of the molecule is CCC(CC)(CNCc1cc(C(N)=O)cs1)C(=O)O. The Hall–Kier alpha value is -1.40. The zero-order chi connectivity index (χ0) is 14.5. The number of carbonyl (C=O) groups excluding carboxylic acids is 1. The predicted molar refractivity (Wildman–Crippen MR) is 75.2 cm³/mol. The van der Waals surface area contributed by atoms with E-state index in [1.807, 2.05) is 13.8 Å². The summed E-state index contributed by atoms with van der Waals surface area (Å²) in [6.07, 6.45) is 1.17. The molecular formula is C13H20N2O3S. The van der Waals surface area contributed by atoms with Crippen LogP contribution in [0.4, 0.5) is 0 Å². The highest BCUT2D eigenvalue weighted by atomic mass is 32.1. The summed E-state index contributed by atoms with van der Waals surface area (Å²) in [5.41, 5.74) is 4.96. The maximum Gasteiger partial charge on any atom is 0.310 e. The number of carbonyl (C=O) groups is 2. The van der Waals surface area contributed by atoms with Crippen molar-refractivity contribution in [3.8, 4) is 0 Å². The van der Waals surface area contributed by atoms with Crippen molar-refractivity contribution in [3.63, 3.8) is 0 Å². The highest BCUT2D eigenvalue weighted by Gasteiger charge is 2.34. The van der Waals surface area contributed by atoms with Gasteiger partial charge in [0.15, 0.2) is 0 Å². The molecule has 4 N–H and O–H groups in total. The van der Waals surface area contributed by atoms with Gasteiger partial charge in [-0.25, -0.2) is 0 Å². The maximum atomic E-state index is 11.3. The van der Waals surface area contributed by atoms with Crippen molar-refractivity contribution < 1.29 is 14.7 Å². The highest BCUT2D eigenvalue weighted by Crippen LogP contribution is 2.26. The van der Waals surface area contributed by atoms with Gasteiger partial charge in [-0.1, -0.05) is 13.8 Å². The minimum atomic E-state index is -0.769. The first-order valence-corrected chi connectivity index (χ1v) is 7.14. The predicted octanol–water partition coefficient (Wildman–Crippen LogP) is 1.83. The quantitative estimate of drug-likeness (QED) is 0.679. The molecule has 0 aromatic carbocycles. The third-order valence-electron chi connectivity index (χ3n) is 3.51. The summed E-state index contributed by atoms with van der Waals surface area (Å²) in [6.45, 7) is 4.73. The molecule has 0 radical (unpaired) electrons. The summed E-state index contributed by atoms with van der Waals surface area (Å²) in [5, 5.41) is 14.2. The van der Waals surface area contributed by atoms with E-state index in [-0.39, 0.29) is 0 Å². The zero-order valence-electron chi connectivity index (χ0n) is 11.2. The normalized spacial score (nSPS) is 11.5. The third-order valence-corrected chi connectivity index (χ3v) is 4.44. The van der Waals surface area contributed by atoms with Crippen molar-refractivity contribution in [2.45, 2.75) is 33.2 Å². The first-order chi connectivity index (χ1) is 8.95. The average molecular weight is 284 g/mol. The van der Waals surface area contributed by atoms with E-state index in [9.17, 15) is 14.7 Å². The van der Waals surface area contributed by atoms with Crippen LogP contribution in [0.2, 0.25) is 0 Å². The number of carboxylic acid groups (broad SMARTS) is 1. The largest absolute Gasteiger partial charge is 0.481 e. The number of nitrogens with two attached hydrogens (primary N) is 1. The summed E-state index contributed by atoms with van der Waals surface area (Å²) in [4.78, 5) is 23.3. The molecule has 1 aromatic rings. The Morgan fingerprint density at radius 1 is 1.42 bits per heavy atom. The molecule has 0 spiro atoms. The molecule has 1 rings (SSSR count). The van der Waals surface area contributed by atoms with Gasteiger partial charge in [-0.05, 0) is 18.9 Å². The van der Waals surface area contributed by atoms with E-state index in [1.165, 1.54) is 11.3 Å². The Kier molecular flexibility index (Phi) is 5.50. The molecule has 0 saturated heterocycles. The van der Waals surface area contributed by atoms with Crippen LogP contribution in [0.3, 0.4) is 0 Å². The van der Waals surface area contributed by atoms with E-state index in [1.54, 1.807) is 11.4 Å². The van der Waals surface area contributed by atoms with Gasteiger partial charge < -0.3 is 16.2 Å². The molecule has 1 aromatic heterocycles. The molecule has 5 nitrogen and oxygen atoms in total. The molecule has 0 saturated carbocycles. The van der Waals surface area contributed by atoms with Crippen LogP contribution in [0.1, 0.15) is 41.9 Å². The second-order valence-corrected chi connectivity index (χ2v) is 5.56. The van der Waals surface area contributed by atoms with Crippen LogP contribution in [-0.2, 0) is 11.3 Å². The fourth-order valence-corrected chi connectivity index (χ4v) is 2.75. The standard InChI is InChI=1S/C13H20N2O3S/c1-3-13(4-2,12(17)18)8-15-6-10-5-9(7-19-10)11(14)16/h5,7,15H,3-4,6,8H2,1-2H3,(H2,14,16)(H,17,18). The topological polar surface area (TPSA) is 92.4 Å². The van der Waals surface area contributed by atoms with E-state index in [4.69, 9.17) is 5.73 Å². The number of carboxylic acids is 1. The lowest BCUT2D eigenvalue weighted by molar-refractivity contribution is -0.149. The first kappa shape index (κ1) is 15.7. The van der Waals surface area contributed by atoms with E-state index >= 15 is 0 Å². The van der Waals surface area contributed by atoms with E-state index in [0.29, 0.717) is 31.5 Å². The number of hydrogen-bond acceptors (Lipinski definition) is 4. The highest BCUT2D eigenvalue weighted by molar-refractivity contribution is 7.10. The Balaban J connectivity index is 2.56. The Morgan fingerprint density at radius 3 is 2.47 bits per heavy atom. The summed E-state index contributed by atoms with van der Waals surface area (Å²) < 4.78 is 0. The van der Waals surface area contributed by atoms with Crippen LogP contribution in [0.25, 0.3) is 0 Å². The van der Waals surface area contributed by atoms with Crippen LogP contribution in [0.5, 0.6) is 0 Å². The molecule has 0 aliphatic carbocycles. The maximum absolute atomic E-state index is 11.3. The van der Waals surface area contributed by atoms with E-state index < -0.39 is 17.3 Å². The average Bonchev–Trinajstić information content (AvgIpc) is 2.83. The second kappa shape index (κ2) is 6.68. The van der Waals surface area contributed by atoms with Gasteiger partial charge in [-0.2, -0.15) is 0 Å². The second-order valence-electron chi connectivity index (χ2n) is 4.56. The van der Waals surface area contributed by atoms with Crippen LogP contribution in [-0.4, -0.2) is 23.5 Å². The van der Waals surface area contributed by atoms with Gasteiger partial charge >= 0.3 is 5.97 Å². The fourth-order valence-electron chi connectivity index (χ4n) is 1.91. The smallest absolute Gasteiger partial charge is 0.310 e. The Morgan fingerprint density at radius 2 is 2.05 bits per heavy atom. The molecule has 0 atom stereocenters. The van der Waals surface area contributed by atoms with Crippen molar-refractivity contribution in [1.82, 2.24) is 5.32 Å². The van der Waals surface area contributed by atoms with Crippen molar-refractivity contribution in [2.75, 3.05) is 6.54 Å². The fraction of sp³-hybridized carbons (Fsp3) is 0.538. The molecule has 19 heavy (non-hydrogen) atoms. The van der Waals surface area contributed by atoms with Crippen LogP contribution >= 0.6 is 11.3 Å². The van der Waals surface area contributed by atoms with Gasteiger partial charge in [0.1, 0.15) is 0 Å².